The number of carbonyl (C=O) groups is 1. The molecule has 1 aliphatic heterocycles. The van der Waals surface area contributed by atoms with Gasteiger partial charge in [-0.25, -0.2) is 8.78 Å². The van der Waals surface area contributed by atoms with Gasteiger partial charge >= 0.3 is 0 Å². The fourth-order valence-corrected chi connectivity index (χ4v) is 2.46. The molecule has 0 unspecified atom stereocenters. The van der Waals surface area contributed by atoms with Gasteiger partial charge in [-0.3, -0.25) is 4.79 Å². The van der Waals surface area contributed by atoms with Gasteiger partial charge in [0.15, 0.2) is 11.5 Å². The Morgan fingerprint density at radius 3 is 2.62 bits per heavy atom. The molecule has 3 rings (SSSR count). The fourth-order valence-electron chi connectivity index (χ4n) is 2.46. The number of amides is 1. The van der Waals surface area contributed by atoms with E-state index in [1.54, 1.807) is 19.1 Å². The van der Waals surface area contributed by atoms with Gasteiger partial charge in [-0.05, 0) is 25.1 Å². The smallest absolute Gasteiger partial charge is 0.234 e. The van der Waals surface area contributed by atoms with E-state index in [2.05, 4.69) is 5.32 Å². The second kappa shape index (κ2) is 7.57. The lowest BCUT2D eigenvalue weighted by Gasteiger charge is -2.14. The zero-order valence-corrected chi connectivity index (χ0v) is 14.1. The van der Waals surface area contributed by atoms with Crippen LogP contribution in [0.2, 0.25) is 0 Å². The second-order valence-corrected chi connectivity index (χ2v) is 5.78. The van der Waals surface area contributed by atoms with Crippen molar-refractivity contribution in [3.8, 4) is 17.2 Å². The number of primary amides is 1. The van der Waals surface area contributed by atoms with E-state index in [0.717, 1.165) is 5.56 Å². The van der Waals surface area contributed by atoms with Crippen LogP contribution in [0.4, 0.5) is 8.78 Å². The molecule has 0 radical (unpaired) electrons. The zero-order valence-electron chi connectivity index (χ0n) is 14.1. The minimum atomic E-state index is -0.680. The lowest BCUT2D eigenvalue weighted by molar-refractivity contribution is -0.119. The first-order chi connectivity index (χ1) is 12.5. The average Bonchev–Trinajstić information content (AvgIpc) is 3.10. The molecule has 1 atom stereocenters. The van der Waals surface area contributed by atoms with Crippen molar-refractivity contribution in [2.75, 3.05) is 6.79 Å². The zero-order chi connectivity index (χ0) is 18.7. The van der Waals surface area contributed by atoms with Gasteiger partial charge in [-0.15, -0.1) is 0 Å². The highest BCUT2D eigenvalue weighted by Gasteiger charge is 2.24. The minimum absolute atomic E-state index is 0.00212. The van der Waals surface area contributed by atoms with Crippen LogP contribution < -0.4 is 25.3 Å². The summed E-state index contributed by atoms with van der Waals surface area (Å²) in [6.07, 6.45) is 0. The van der Waals surface area contributed by atoms with Crippen molar-refractivity contribution in [1.82, 2.24) is 5.32 Å². The van der Waals surface area contributed by atoms with Gasteiger partial charge in [0, 0.05) is 12.1 Å². The normalized spacial score (nSPS) is 13.5. The Kier molecular flexibility index (Phi) is 5.22. The fraction of sp³-hybridized carbons (Fsp3) is 0.278. The molecule has 0 saturated heterocycles. The summed E-state index contributed by atoms with van der Waals surface area (Å²) in [6.45, 7) is 1.70. The molecule has 2 aromatic rings. The quantitative estimate of drug-likeness (QED) is 0.787. The number of carbonyl (C=O) groups excluding carboxylic acids is 1. The summed E-state index contributed by atoms with van der Waals surface area (Å²) in [4.78, 5) is 11.1. The van der Waals surface area contributed by atoms with E-state index in [1.165, 1.54) is 18.2 Å². The van der Waals surface area contributed by atoms with Crippen LogP contribution in [0.25, 0.3) is 0 Å². The number of nitrogens with one attached hydrogen (secondary N) is 1. The molecular formula is C18H18F2N2O4. The van der Waals surface area contributed by atoms with E-state index >= 15 is 0 Å². The summed E-state index contributed by atoms with van der Waals surface area (Å²) >= 11 is 0. The first kappa shape index (κ1) is 17.9. The van der Waals surface area contributed by atoms with Crippen molar-refractivity contribution < 1.29 is 27.8 Å². The third kappa shape index (κ3) is 3.70. The molecule has 0 aliphatic carbocycles. The third-order valence-corrected chi connectivity index (χ3v) is 4.02. The van der Waals surface area contributed by atoms with Gasteiger partial charge in [-0.2, -0.15) is 0 Å². The maximum atomic E-state index is 13.7. The SMILES string of the molecule is C[C@H](NCc1ccc(OCc2c(F)cccc2F)c2c1OCO2)C(N)=O. The number of nitrogens with two attached hydrogens (primary N) is 1. The Morgan fingerprint density at radius 1 is 1.23 bits per heavy atom. The molecule has 0 saturated carbocycles. The number of rotatable bonds is 7. The van der Waals surface area contributed by atoms with E-state index < -0.39 is 23.6 Å². The maximum absolute atomic E-state index is 13.7. The standard InChI is InChI=1S/C18H18F2N2O4/c1-10(18(21)23)22-7-11-5-6-15(17-16(11)25-9-26-17)24-8-12-13(19)3-2-4-14(12)20/h2-6,10,22H,7-9H2,1H3,(H2,21,23)/t10-/m0/s1. The van der Waals surface area contributed by atoms with E-state index in [9.17, 15) is 13.6 Å². The summed E-state index contributed by atoms with van der Waals surface area (Å²) in [6, 6.07) is 6.46. The van der Waals surface area contributed by atoms with Gasteiger partial charge in [0.1, 0.15) is 18.2 Å². The van der Waals surface area contributed by atoms with E-state index in [0.29, 0.717) is 23.8 Å². The first-order valence-corrected chi connectivity index (χ1v) is 7.97. The summed E-state index contributed by atoms with van der Waals surface area (Å²) in [5.41, 5.74) is 5.80. The topological polar surface area (TPSA) is 82.8 Å². The summed E-state index contributed by atoms with van der Waals surface area (Å²) in [7, 11) is 0. The number of fused-ring (bicyclic) bond motifs is 1. The summed E-state index contributed by atoms with van der Waals surface area (Å²) in [5.74, 6) is -0.703. The number of hydrogen-bond donors (Lipinski definition) is 2. The van der Waals surface area contributed by atoms with Crippen molar-refractivity contribution in [3.05, 3.63) is 53.1 Å². The monoisotopic (exact) mass is 364 g/mol. The predicted molar refractivity (Wildman–Crippen MR) is 88.8 cm³/mol. The predicted octanol–water partition coefficient (Wildman–Crippen LogP) is 2.24. The van der Waals surface area contributed by atoms with Gasteiger partial charge in [0.05, 0.1) is 11.6 Å². The lowest BCUT2D eigenvalue weighted by Crippen LogP contribution is -2.38. The van der Waals surface area contributed by atoms with Crippen LogP contribution in [0.3, 0.4) is 0 Å². The molecule has 3 N–H and O–H groups in total. The average molecular weight is 364 g/mol. The highest BCUT2D eigenvalue weighted by Crippen LogP contribution is 2.43. The molecule has 0 bridgehead atoms. The largest absolute Gasteiger partial charge is 0.485 e. The van der Waals surface area contributed by atoms with E-state index in [-0.39, 0.29) is 19.0 Å². The van der Waals surface area contributed by atoms with Crippen molar-refractivity contribution in [2.45, 2.75) is 26.1 Å². The van der Waals surface area contributed by atoms with Crippen LogP contribution in [0.5, 0.6) is 17.2 Å². The van der Waals surface area contributed by atoms with Crippen molar-refractivity contribution in [3.63, 3.8) is 0 Å². The van der Waals surface area contributed by atoms with Gasteiger partial charge in [0.25, 0.3) is 0 Å². The second-order valence-electron chi connectivity index (χ2n) is 5.78. The van der Waals surface area contributed by atoms with Crippen LogP contribution in [-0.4, -0.2) is 18.7 Å². The Bertz CT molecular complexity index is 809. The molecule has 1 heterocycles. The van der Waals surface area contributed by atoms with Crippen LogP contribution in [-0.2, 0) is 17.9 Å². The Labute approximate surface area is 148 Å². The Balaban J connectivity index is 1.76. The number of benzene rings is 2. The molecule has 2 aromatic carbocycles. The van der Waals surface area contributed by atoms with E-state index in [1.807, 2.05) is 0 Å². The maximum Gasteiger partial charge on any atom is 0.234 e. The van der Waals surface area contributed by atoms with Gasteiger partial charge < -0.3 is 25.3 Å². The molecule has 8 heteroatoms. The molecular weight excluding hydrogens is 346 g/mol. The highest BCUT2D eigenvalue weighted by atomic mass is 19.1. The molecule has 26 heavy (non-hydrogen) atoms. The van der Waals surface area contributed by atoms with Crippen LogP contribution in [0.15, 0.2) is 30.3 Å². The van der Waals surface area contributed by atoms with Crippen molar-refractivity contribution in [2.24, 2.45) is 5.73 Å². The summed E-state index contributed by atoms with van der Waals surface area (Å²) in [5, 5.41) is 2.97. The van der Waals surface area contributed by atoms with Crippen LogP contribution >= 0.6 is 0 Å². The van der Waals surface area contributed by atoms with Gasteiger partial charge in [-0.1, -0.05) is 12.1 Å². The molecule has 0 aromatic heterocycles. The molecule has 6 nitrogen and oxygen atoms in total. The van der Waals surface area contributed by atoms with Crippen molar-refractivity contribution in [1.29, 1.82) is 0 Å². The minimum Gasteiger partial charge on any atom is -0.485 e. The third-order valence-electron chi connectivity index (χ3n) is 4.02. The number of ether oxygens (including phenoxy) is 3. The Hall–Kier alpha value is -2.87. The lowest BCUT2D eigenvalue weighted by atomic mass is 10.1. The molecule has 138 valence electrons. The van der Waals surface area contributed by atoms with Crippen LogP contribution in [0, 0.1) is 11.6 Å². The van der Waals surface area contributed by atoms with Gasteiger partial charge in [0.2, 0.25) is 18.4 Å². The number of hydrogen-bond acceptors (Lipinski definition) is 5. The molecule has 0 fully saturated rings. The number of halogens is 2. The molecule has 0 spiro atoms. The van der Waals surface area contributed by atoms with Crippen molar-refractivity contribution >= 4 is 5.91 Å². The first-order valence-electron chi connectivity index (χ1n) is 7.97. The summed E-state index contributed by atoms with van der Waals surface area (Å²) < 4.78 is 43.8. The van der Waals surface area contributed by atoms with E-state index in [4.69, 9.17) is 19.9 Å². The molecule has 1 aliphatic rings. The molecule has 1 amide bonds. The highest BCUT2D eigenvalue weighted by molar-refractivity contribution is 5.79. The van der Waals surface area contributed by atoms with Crippen LogP contribution in [0.1, 0.15) is 18.1 Å². The Morgan fingerprint density at radius 2 is 1.92 bits per heavy atom.